The first kappa shape index (κ1) is 16.8. The number of hydrogen-bond acceptors (Lipinski definition) is 4. The molecule has 0 bridgehead atoms. The molecule has 0 unspecified atom stereocenters. The molecule has 0 saturated carbocycles. The average Bonchev–Trinajstić information content (AvgIpc) is 2.57. The van der Waals surface area contributed by atoms with Gasteiger partial charge in [-0.25, -0.2) is 4.79 Å². The molecule has 2 aromatic rings. The number of nitrogens with zero attached hydrogens (tertiary/aromatic N) is 1. The zero-order valence-corrected chi connectivity index (χ0v) is 13.5. The molecule has 0 amide bonds. The van der Waals surface area contributed by atoms with Crippen molar-refractivity contribution in [2.75, 3.05) is 13.2 Å². The van der Waals surface area contributed by atoms with Crippen molar-refractivity contribution < 1.29 is 14.3 Å². The molecule has 0 radical (unpaired) electrons. The first-order chi connectivity index (χ1) is 11.2. The van der Waals surface area contributed by atoms with Crippen LogP contribution in [0.4, 0.5) is 0 Å². The second-order valence-corrected chi connectivity index (χ2v) is 5.07. The number of aromatic nitrogens is 1. The van der Waals surface area contributed by atoms with Crippen molar-refractivity contribution in [3.63, 3.8) is 0 Å². The van der Waals surface area contributed by atoms with Crippen LogP contribution in [0, 0.1) is 0 Å². The van der Waals surface area contributed by atoms with Gasteiger partial charge in [0.05, 0.1) is 25.3 Å². The van der Waals surface area contributed by atoms with E-state index in [1.807, 2.05) is 26.0 Å². The third kappa shape index (κ3) is 4.45. The largest absolute Gasteiger partial charge is 0.488 e. The molecular formula is C18H21NO4. The zero-order chi connectivity index (χ0) is 16.7. The Hall–Kier alpha value is -2.56. The van der Waals surface area contributed by atoms with Gasteiger partial charge in [0.2, 0.25) is 0 Å². The van der Waals surface area contributed by atoms with Crippen LogP contribution in [-0.4, -0.2) is 23.8 Å². The minimum absolute atomic E-state index is 0.166. The third-order valence-corrected chi connectivity index (χ3v) is 3.26. The summed E-state index contributed by atoms with van der Waals surface area (Å²) in [5, 5.41) is 0. The molecule has 23 heavy (non-hydrogen) atoms. The number of benzene rings is 1. The van der Waals surface area contributed by atoms with Crippen molar-refractivity contribution in [1.82, 2.24) is 4.57 Å². The predicted octanol–water partition coefficient (Wildman–Crippen LogP) is 2.86. The van der Waals surface area contributed by atoms with Crippen LogP contribution in [0.25, 0.3) is 0 Å². The van der Waals surface area contributed by atoms with Crippen LogP contribution < -0.4 is 10.3 Å². The summed E-state index contributed by atoms with van der Waals surface area (Å²) in [4.78, 5) is 24.0. The molecule has 0 N–H and O–H groups in total. The van der Waals surface area contributed by atoms with Crippen LogP contribution in [0.2, 0.25) is 0 Å². The van der Waals surface area contributed by atoms with Gasteiger partial charge in [0.25, 0.3) is 5.56 Å². The molecule has 5 heteroatoms. The highest BCUT2D eigenvalue weighted by Gasteiger charge is 2.08. The molecule has 122 valence electrons. The van der Waals surface area contributed by atoms with Gasteiger partial charge in [-0.05, 0) is 43.2 Å². The Morgan fingerprint density at radius 2 is 1.87 bits per heavy atom. The number of rotatable bonds is 7. The van der Waals surface area contributed by atoms with E-state index in [9.17, 15) is 9.59 Å². The second-order valence-electron chi connectivity index (χ2n) is 5.07. The lowest BCUT2D eigenvalue weighted by Gasteiger charge is -2.09. The number of hydrogen-bond donors (Lipinski definition) is 0. The van der Waals surface area contributed by atoms with Gasteiger partial charge in [-0.1, -0.05) is 19.1 Å². The van der Waals surface area contributed by atoms with E-state index in [4.69, 9.17) is 9.47 Å². The fourth-order valence-electron chi connectivity index (χ4n) is 2.13. The van der Waals surface area contributed by atoms with E-state index < -0.39 is 0 Å². The van der Waals surface area contributed by atoms with E-state index >= 15 is 0 Å². The highest BCUT2D eigenvalue weighted by Crippen LogP contribution is 2.09. The smallest absolute Gasteiger partial charge is 0.338 e. The second kappa shape index (κ2) is 8.17. The van der Waals surface area contributed by atoms with Gasteiger partial charge in [0, 0.05) is 6.20 Å². The van der Waals surface area contributed by atoms with Gasteiger partial charge in [0.1, 0.15) is 0 Å². The lowest BCUT2D eigenvalue weighted by molar-refractivity contribution is 0.0505. The van der Waals surface area contributed by atoms with Crippen LogP contribution >= 0.6 is 0 Å². The van der Waals surface area contributed by atoms with Crippen molar-refractivity contribution in [2.45, 2.75) is 26.8 Å². The van der Waals surface area contributed by atoms with Crippen molar-refractivity contribution in [2.24, 2.45) is 0 Å². The molecule has 0 aliphatic heterocycles. The zero-order valence-electron chi connectivity index (χ0n) is 13.5. The Kier molecular flexibility index (Phi) is 5.97. The van der Waals surface area contributed by atoms with E-state index in [2.05, 4.69) is 0 Å². The van der Waals surface area contributed by atoms with Crippen LogP contribution in [0.1, 0.15) is 36.2 Å². The molecule has 1 heterocycles. The van der Waals surface area contributed by atoms with E-state index in [1.54, 1.807) is 35.0 Å². The molecule has 0 spiro atoms. The van der Waals surface area contributed by atoms with Crippen molar-refractivity contribution in [3.8, 4) is 5.75 Å². The van der Waals surface area contributed by atoms with Crippen molar-refractivity contribution in [1.29, 1.82) is 0 Å². The monoisotopic (exact) mass is 315 g/mol. The summed E-state index contributed by atoms with van der Waals surface area (Å²) < 4.78 is 12.0. The Bertz CT molecular complexity index is 704. The molecule has 2 rings (SSSR count). The maximum atomic E-state index is 12.2. The molecule has 0 fully saturated rings. The summed E-state index contributed by atoms with van der Waals surface area (Å²) in [6, 6.07) is 10.5. The van der Waals surface area contributed by atoms with Gasteiger partial charge < -0.3 is 14.0 Å². The number of esters is 1. The standard InChI is InChI=1S/C18H21NO4/c1-3-12-23-18(21)15-9-7-14(8-10-15)13-19-11-5-6-16(17(19)20)22-4-2/h5-11H,3-4,12-13H2,1-2H3. The van der Waals surface area contributed by atoms with E-state index in [-0.39, 0.29) is 11.5 Å². The van der Waals surface area contributed by atoms with Crippen LogP contribution in [-0.2, 0) is 11.3 Å². The van der Waals surface area contributed by atoms with Crippen molar-refractivity contribution >= 4 is 5.97 Å². The predicted molar refractivity (Wildman–Crippen MR) is 88.0 cm³/mol. The number of pyridine rings is 1. The lowest BCUT2D eigenvalue weighted by atomic mass is 10.1. The molecular weight excluding hydrogens is 294 g/mol. The summed E-state index contributed by atoms with van der Waals surface area (Å²) in [6.07, 6.45) is 2.51. The quantitative estimate of drug-likeness (QED) is 0.737. The fraction of sp³-hybridized carbons (Fsp3) is 0.333. The van der Waals surface area contributed by atoms with Crippen molar-refractivity contribution in [3.05, 3.63) is 64.1 Å². The molecule has 0 aliphatic rings. The summed E-state index contributed by atoms with van der Waals surface area (Å²) in [5.41, 5.74) is 1.27. The van der Waals surface area contributed by atoms with Crippen LogP contribution in [0.5, 0.6) is 5.75 Å². The number of carbonyl (C=O) groups excluding carboxylic acids is 1. The van der Waals surface area contributed by atoms with Gasteiger partial charge in [-0.15, -0.1) is 0 Å². The number of carbonyl (C=O) groups is 1. The normalized spacial score (nSPS) is 10.3. The topological polar surface area (TPSA) is 57.5 Å². The van der Waals surface area contributed by atoms with E-state index in [0.717, 1.165) is 12.0 Å². The summed E-state index contributed by atoms with van der Waals surface area (Å²) in [7, 11) is 0. The first-order valence-corrected chi connectivity index (χ1v) is 7.74. The fourth-order valence-corrected chi connectivity index (χ4v) is 2.13. The maximum absolute atomic E-state index is 12.2. The Morgan fingerprint density at radius 3 is 2.52 bits per heavy atom. The van der Waals surface area contributed by atoms with E-state index in [0.29, 0.717) is 31.1 Å². The minimum atomic E-state index is -0.325. The van der Waals surface area contributed by atoms with Gasteiger partial charge in [0.15, 0.2) is 5.75 Å². The third-order valence-electron chi connectivity index (χ3n) is 3.26. The Morgan fingerprint density at radius 1 is 1.13 bits per heavy atom. The average molecular weight is 315 g/mol. The van der Waals surface area contributed by atoms with Crippen LogP contribution in [0.15, 0.2) is 47.4 Å². The van der Waals surface area contributed by atoms with Crippen LogP contribution in [0.3, 0.4) is 0 Å². The molecule has 0 saturated heterocycles. The summed E-state index contributed by atoms with van der Waals surface area (Å²) in [6.45, 7) is 5.08. The molecule has 0 aliphatic carbocycles. The minimum Gasteiger partial charge on any atom is -0.488 e. The summed E-state index contributed by atoms with van der Waals surface area (Å²) in [5.74, 6) is 0.0173. The SMILES string of the molecule is CCCOC(=O)c1ccc(Cn2cccc(OCC)c2=O)cc1. The molecule has 0 atom stereocenters. The van der Waals surface area contributed by atoms with E-state index in [1.165, 1.54) is 0 Å². The Labute approximate surface area is 135 Å². The highest BCUT2D eigenvalue weighted by atomic mass is 16.5. The van der Waals surface area contributed by atoms with Gasteiger partial charge in [-0.2, -0.15) is 0 Å². The number of ether oxygens (including phenoxy) is 2. The Balaban J connectivity index is 2.11. The van der Waals surface area contributed by atoms with Gasteiger partial charge >= 0.3 is 5.97 Å². The molecule has 1 aromatic heterocycles. The first-order valence-electron chi connectivity index (χ1n) is 7.74. The lowest BCUT2D eigenvalue weighted by Crippen LogP contribution is -2.21. The molecule has 1 aromatic carbocycles. The van der Waals surface area contributed by atoms with Gasteiger partial charge in [-0.3, -0.25) is 4.79 Å². The highest BCUT2D eigenvalue weighted by molar-refractivity contribution is 5.89. The molecule has 5 nitrogen and oxygen atoms in total. The summed E-state index contributed by atoms with van der Waals surface area (Å²) >= 11 is 0. The maximum Gasteiger partial charge on any atom is 0.338 e.